The summed E-state index contributed by atoms with van der Waals surface area (Å²) in [5.41, 5.74) is 3.44. The van der Waals surface area contributed by atoms with Gasteiger partial charge in [0, 0.05) is 35.8 Å². The zero-order valence-electron chi connectivity index (χ0n) is 17.1. The van der Waals surface area contributed by atoms with Crippen molar-refractivity contribution in [3.8, 4) is 11.1 Å². The molecular formula is C23H23N3O4. The number of carbonyl (C=O) groups excluding carboxylic acids is 2. The van der Waals surface area contributed by atoms with E-state index in [1.807, 2.05) is 18.3 Å². The number of esters is 1. The Labute approximate surface area is 174 Å². The van der Waals surface area contributed by atoms with Crippen LogP contribution in [-0.4, -0.2) is 28.5 Å². The predicted octanol–water partition coefficient (Wildman–Crippen LogP) is 3.46. The lowest BCUT2D eigenvalue weighted by Crippen LogP contribution is -2.24. The van der Waals surface area contributed by atoms with Gasteiger partial charge in [0.25, 0.3) is 11.5 Å². The molecule has 0 atom stereocenters. The third-order valence-corrected chi connectivity index (χ3v) is 4.65. The molecule has 2 heterocycles. The maximum atomic E-state index is 12.7. The monoisotopic (exact) mass is 405 g/mol. The number of amides is 1. The van der Waals surface area contributed by atoms with Crippen LogP contribution in [0.25, 0.3) is 11.1 Å². The first-order valence-electron chi connectivity index (χ1n) is 9.51. The Morgan fingerprint density at radius 2 is 1.90 bits per heavy atom. The number of nitrogens with one attached hydrogen (secondary N) is 1. The van der Waals surface area contributed by atoms with Crippen molar-refractivity contribution in [3.05, 3.63) is 82.5 Å². The zero-order chi connectivity index (χ0) is 21.7. The van der Waals surface area contributed by atoms with E-state index in [1.54, 1.807) is 18.3 Å². The zero-order valence-corrected chi connectivity index (χ0v) is 17.1. The van der Waals surface area contributed by atoms with Gasteiger partial charge >= 0.3 is 5.97 Å². The number of hydrogen-bond acceptors (Lipinski definition) is 5. The number of anilines is 1. The molecule has 0 saturated carbocycles. The maximum Gasteiger partial charge on any atom is 0.325 e. The second-order valence-electron chi connectivity index (χ2n) is 7.16. The van der Waals surface area contributed by atoms with Crippen molar-refractivity contribution in [2.45, 2.75) is 26.3 Å². The van der Waals surface area contributed by atoms with Gasteiger partial charge in [0.1, 0.15) is 6.54 Å². The predicted molar refractivity (Wildman–Crippen MR) is 114 cm³/mol. The summed E-state index contributed by atoms with van der Waals surface area (Å²) in [5, 5.41) is 2.76. The average molecular weight is 405 g/mol. The Morgan fingerprint density at radius 3 is 2.63 bits per heavy atom. The molecule has 0 bridgehead atoms. The van der Waals surface area contributed by atoms with E-state index in [2.05, 4.69) is 35.0 Å². The van der Waals surface area contributed by atoms with Crippen LogP contribution in [0.5, 0.6) is 0 Å². The molecule has 0 unspecified atom stereocenters. The summed E-state index contributed by atoms with van der Waals surface area (Å²) in [6.45, 7) is 3.97. The third kappa shape index (κ3) is 5.00. The molecule has 3 rings (SSSR count). The van der Waals surface area contributed by atoms with E-state index in [0.29, 0.717) is 17.2 Å². The van der Waals surface area contributed by atoms with Gasteiger partial charge in [0.15, 0.2) is 0 Å². The van der Waals surface area contributed by atoms with E-state index in [-0.39, 0.29) is 18.0 Å². The molecule has 0 aliphatic carbocycles. The summed E-state index contributed by atoms with van der Waals surface area (Å²) < 4.78 is 5.77. The van der Waals surface area contributed by atoms with Crippen LogP contribution in [0, 0.1) is 0 Å². The number of aromatic nitrogens is 2. The molecule has 2 aromatic heterocycles. The Bertz CT molecular complexity index is 1140. The molecule has 154 valence electrons. The third-order valence-electron chi connectivity index (χ3n) is 4.65. The van der Waals surface area contributed by atoms with Crippen molar-refractivity contribution in [1.82, 2.24) is 9.55 Å². The van der Waals surface area contributed by atoms with Crippen molar-refractivity contribution in [1.29, 1.82) is 0 Å². The molecule has 0 aliphatic rings. The van der Waals surface area contributed by atoms with E-state index in [0.717, 1.165) is 16.7 Å². The van der Waals surface area contributed by atoms with E-state index in [9.17, 15) is 14.4 Å². The van der Waals surface area contributed by atoms with Crippen LogP contribution in [0.4, 0.5) is 5.69 Å². The van der Waals surface area contributed by atoms with E-state index in [1.165, 1.54) is 30.0 Å². The molecule has 7 nitrogen and oxygen atoms in total. The number of hydrogen-bond donors (Lipinski definition) is 1. The lowest BCUT2D eigenvalue weighted by Gasteiger charge is -2.11. The summed E-state index contributed by atoms with van der Waals surface area (Å²) in [6.07, 6.45) is 5.02. The summed E-state index contributed by atoms with van der Waals surface area (Å²) in [4.78, 5) is 40.4. The van der Waals surface area contributed by atoms with Gasteiger partial charge in [-0.1, -0.05) is 26.0 Å². The Hall–Kier alpha value is -3.74. The number of carbonyl (C=O) groups is 2. The Morgan fingerprint density at radius 1 is 1.10 bits per heavy atom. The fourth-order valence-corrected chi connectivity index (χ4v) is 2.91. The van der Waals surface area contributed by atoms with Gasteiger partial charge in [-0.15, -0.1) is 0 Å². The van der Waals surface area contributed by atoms with Crippen molar-refractivity contribution < 1.29 is 14.3 Å². The van der Waals surface area contributed by atoms with Crippen LogP contribution in [0.3, 0.4) is 0 Å². The molecule has 0 radical (unpaired) electrons. The molecular weight excluding hydrogens is 382 g/mol. The maximum absolute atomic E-state index is 12.7. The van der Waals surface area contributed by atoms with Gasteiger partial charge in [0.2, 0.25) is 0 Å². The van der Waals surface area contributed by atoms with Gasteiger partial charge in [-0.3, -0.25) is 19.4 Å². The van der Waals surface area contributed by atoms with Crippen LogP contribution < -0.4 is 10.9 Å². The average Bonchev–Trinajstić information content (AvgIpc) is 2.76. The largest absolute Gasteiger partial charge is 0.468 e. The SMILES string of the molecule is COC(=O)Cn1cc(NC(=O)c2cccc(-c3cncc(C(C)C)c3)c2)ccc1=O. The summed E-state index contributed by atoms with van der Waals surface area (Å²) >= 11 is 0. The minimum Gasteiger partial charge on any atom is -0.468 e. The van der Waals surface area contributed by atoms with Gasteiger partial charge < -0.3 is 14.6 Å². The molecule has 30 heavy (non-hydrogen) atoms. The fraction of sp³-hybridized carbons (Fsp3) is 0.217. The first-order chi connectivity index (χ1) is 14.4. The normalized spacial score (nSPS) is 10.7. The van der Waals surface area contributed by atoms with Crippen LogP contribution in [-0.2, 0) is 16.1 Å². The van der Waals surface area contributed by atoms with Gasteiger partial charge in [-0.2, -0.15) is 0 Å². The summed E-state index contributed by atoms with van der Waals surface area (Å²) in [6, 6.07) is 12.1. The van der Waals surface area contributed by atoms with Crippen molar-refractivity contribution in [2.24, 2.45) is 0 Å². The lowest BCUT2D eigenvalue weighted by atomic mass is 9.99. The quantitative estimate of drug-likeness (QED) is 0.634. The Balaban J connectivity index is 1.82. The number of pyridine rings is 2. The highest BCUT2D eigenvalue weighted by atomic mass is 16.5. The number of benzene rings is 1. The van der Waals surface area contributed by atoms with Crippen LogP contribution in [0.15, 0.2) is 65.8 Å². The van der Waals surface area contributed by atoms with Crippen molar-refractivity contribution >= 4 is 17.6 Å². The smallest absolute Gasteiger partial charge is 0.325 e. The number of methoxy groups -OCH3 is 1. The van der Waals surface area contributed by atoms with Crippen molar-refractivity contribution in [3.63, 3.8) is 0 Å². The van der Waals surface area contributed by atoms with E-state index < -0.39 is 5.97 Å². The van der Waals surface area contributed by atoms with E-state index >= 15 is 0 Å². The standard InChI is InChI=1S/C23H23N3O4/c1-15(2)18-10-19(12-24-11-18)16-5-4-6-17(9-16)23(29)25-20-7-8-21(27)26(13-20)14-22(28)30-3/h4-13,15H,14H2,1-3H3,(H,25,29). The molecule has 0 aliphatic heterocycles. The number of rotatable bonds is 6. The highest BCUT2D eigenvalue weighted by Gasteiger charge is 2.11. The number of ether oxygens (including phenoxy) is 1. The van der Waals surface area contributed by atoms with Crippen LogP contribution >= 0.6 is 0 Å². The molecule has 0 spiro atoms. The molecule has 7 heteroatoms. The highest BCUT2D eigenvalue weighted by Crippen LogP contribution is 2.24. The van der Waals surface area contributed by atoms with Crippen LogP contribution in [0.2, 0.25) is 0 Å². The van der Waals surface area contributed by atoms with Crippen molar-refractivity contribution in [2.75, 3.05) is 12.4 Å². The molecule has 3 aromatic rings. The highest BCUT2D eigenvalue weighted by molar-refractivity contribution is 6.04. The molecule has 1 N–H and O–H groups in total. The lowest BCUT2D eigenvalue weighted by molar-refractivity contribution is -0.141. The summed E-state index contributed by atoms with van der Waals surface area (Å²) in [7, 11) is 1.25. The topological polar surface area (TPSA) is 90.3 Å². The molecule has 1 amide bonds. The second kappa shape index (κ2) is 9.17. The van der Waals surface area contributed by atoms with Crippen LogP contribution in [0.1, 0.15) is 35.7 Å². The van der Waals surface area contributed by atoms with Gasteiger partial charge in [-0.25, -0.2) is 0 Å². The van der Waals surface area contributed by atoms with Gasteiger partial charge in [0.05, 0.1) is 12.8 Å². The molecule has 0 saturated heterocycles. The van der Waals surface area contributed by atoms with Gasteiger partial charge in [-0.05, 0) is 41.3 Å². The minimum absolute atomic E-state index is 0.228. The van der Waals surface area contributed by atoms with E-state index in [4.69, 9.17) is 0 Å². The second-order valence-corrected chi connectivity index (χ2v) is 7.16. The first-order valence-corrected chi connectivity index (χ1v) is 9.51. The first kappa shape index (κ1) is 21.0. The minimum atomic E-state index is -0.550. The Kier molecular flexibility index (Phi) is 6.41. The molecule has 0 fully saturated rings. The fourth-order valence-electron chi connectivity index (χ4n) is 2.91. The molecule has 1 aromatic carbocycles. The number of nitrogens with zero attached hydrogens (tertiary/aromatic N) is 2. The summed E-state index contributed by atoms with van der Waals surface area (Å²) in [5.74, 6) is -0.525.